The molecule has 1 N–H and O–H groups in total. The second-order valence-electron chi connectivity index (χ2n) is 7.96. The van der Waals surface area contributed by atoms with E-state index < -0.39 is 0 Å². The fourth-order valence-electron chi connectivity index (χ4n) is 4.23. The van der Waals surface area contributed by atoms with Crippen molar-refractivity contribution in [3.8, 4) is 6.07 Å². The van der Waals surface area contributed by atoms with E-state index in [9.17, 15) is 14.9 Å². The fourth-order valence-corrected chi connectivity index (χ4v) is 5.49. The molecule has 162 valence electrons. The van der Waals surface area contributed by atoms with Crippen molar-refractivity contribution in [3.63, 3.8) is 0 Å². The second kappa shape index (κ2) is 9.40. The normalized spacial score (nSPS) is 18.5. The number of carbonyl (C=O) groups excluding carboxylic acids is 2. The summed E-state index contributed by atoms with van der Waals surface area (Å²) in [5.41, 5.74) is 1.46. The lowest BCUT2D eigenvalue weighted by Crippen LogP contribution is -2.38. The molecule has 7 nitrogen and oxygen atoms in total. The summed E-state index contributed by atoms with van der Waals surface area (Å²) < 4.78 is 10.9. The Morgan fingerprint density at radius 3 is 2.87 bits per heavy atom. The Labute approximate surface area is 185 Å². The number of amides is 2. The number of furan rings is 1. The lowest BCUT2D eigenvalue weighted by molar-refractivity contribution is -0.111. The highest BCUT2D eigenvalue weighted by molar-refractivity contribution is 7.16. The first-order valence-corrected chi connectivity index (χ1v) is 11.4. The number of anilines is 1. The van der Waals surface area contributed by atoms with Gasteiger partial charge in [0.25, 0.3) is 0 Å². The van der Waals surface area contributed by atoms with Gasteiger partial charge in [-0.05, 0) is 49.5 Å². The maximum absolute atomic E-state index is 12.5. The first-order valence-electron chi connectivity index (χ1n) is 10.6. The van der Waals surface area contributed by atoms with Gasteiger partial charge in [-0.15, -0.1) is 11.3 Å². The molecule has 0 spiro atoms. The Morgan fingerprint density at radius 1 is 1.35 bits per heavy atom. The number of thiophene rings is 1. The minimum atomic E-state index is -0.326. The van der Waals surface area contributed by atoms with Crippen LogP contribution >= 0.6 is 11.3 Å². The van der Waals surface area contributed by atoms with E-state index in [1.54, 1.807) is 23.1 Å². The summed E-state index contributed by atoms with van der Waals surface area (Å²) in [4.78, 5) is 27.5. The Bertz CT molecular complexity index is 1010. The van der Waals surface area contributed by atoms with Crippen LogP contribution in [0.25, 0.3) is 6.08 Å². The van der Waals surface area contributed by atoms with Crippen LogP contribution in [0.2, 0.25) is 0 Å². The molecule has 2 aromatic heterocycles. The molecule has 1 fully saturated rings. The standard InChI is InChI=1S/C23H25N3O4S/c1-26(15-5-2-3-6-15)23(28)30-17-8-10-18-19(14-24)22(31-20(18)13-17)25-21(27)11-9-16-7-4-12-29-16/h4,7,9,11-12,15,17H,2-3,5-6,8,10,13H2,1H3,(H,25,27)/b11-9+. The number of fused-ring (bicyclic) bond motifs is 1. The maximum Gasteiger partial charge on any atom is 0.410 e. The molecular formula is C23H25N3O4S. The molecule has 0 saturated heterocycles. The molecule has 2 aliphatic rings. The SMILES string of the molecule is CN(C(=O)OC1CCc2c(sc(NC(=O)/C=C/c3ccco3)c2C#N)C1)C1CCCC1. The number of nitrogens with zero attached hydrogens (tertiary/aromatic N) is 2. The third-order valence-corrected chi connectivity index (χ3v) is 7.11. The molecular weight excluding hydrogens is 414 g/mol. The average Bonchev–Trinajstić information content (AvgIpc) is 3.52. The third-order valence-electron chi connectivity index (χ3n) is 5.94. The van der Waals surface area contributed by atoms with Crippen LogP contribution in [-0.2, 0) is 22.4 Å². The summed E-state index contributed by atoms with van der Waals surface area (Å²) in [6, 6.07) is 5.99. The van der Waals surface area contributed by atoms with Crippen molar-refractivity contribution in [1.82, 2.24) is 4.90 Å². The molecule has 4 rings (SSSR count). The van der Waals surface area contributed by atoms with Crippen LogP contribution < -0.4 is 5.32 Å². The van der Waals surface area contributed by atoms with Gasteiger partial charge >= 0.3 is 6.09 Å². The van der Waals surface area contributed by atoms with Crippen molar-refractivity contribution in [2.75, 3.05) is 12.4 Å². The predicted octanol–water partition coefficient (Wildman–Crippen LogP) is 4.73. The summed E-state index contributed by atoms with van der Waals surface area (Å²) in [7, 11) is 1.81. The Kier molecular flexibility index (Phi) is 6.42. The molecule has 0 bridgehead atoms. The van der Waals surface area contributed by atoms with Crippen LogP contribution in [0.3, 0.4) is 0 Å². The molecule has 0 radical (unpaired) electrons. The summed E-state index contributed by atoms with van der Waals surface area (Å²) in [5, 5.41) is 13.0. The van der Waals surface area contributed by atoms with E-state index in [0.29, 0.717) is 35.6 Å². The van der Waals surface area contributed by atoms with Gasteiger partial charge in [-0.2, -0.15) is 5.26 Å². The molecule has 0 aromatic carbocycles. The predicted molar refractivity (Wildman–Crippen MR) is 118 cm³/mol. The number of carbonyl (C=O) groups is 2. The van der Waals surface area contributed by atoms with E-state index in [-0.39, 0.29) is 24.1 Å². The van der Waals surface area contributed by atoms with Crippen LogP contribution in [0.1, 0.15) is 53.9 Å². The molecule has 1 unspecified atom stereocenters. The van der Waals surface area contributed by atoms with Gasteiger partial charge in [0.1, 0.15) is 22.9 Å². The van der Waals surface area contributed by atoms with Gasteiger partial charge in [-0.1, -0.05) is 12.8 Å². The molecule has 2 heterocycles. The number of nitriles is 1. The highest BCUT2D eigenvalue weighted by atomic mass is 32.1. The average molecular weight is 440 g/mol. The zero-order chi connectivity index (χ0) is 21.8. The van der Waals surface area contributed by atoms with Gasteiger partial charge in [0.15, 0.2) is 0 Å². The number of hydrogen-bond acceptors (Lipinski definition) is 6. The highest BCUT2D eigenvalue weighted by Crippen LogP contribution is 2.38. The van der Waals surface area contributed by atoms with Gasteiger partial charge in [-0.25, -0.2) is 4.79 Å². The fraction of sp³-hybridized carbons (Fsp3) is 0.435. The van der Waals surface area contributed by atoms with Crippen LogP contribution in [0.4, 0.5) is 9.80 Å². The highest BCUT2D eigenvalue weighted by Gasteiger charge is 2.31. The van der Waals surface area contributed by atoms with Crippen LogP contribution in [0.5, 0.6) is 0 Å². The summed E-state index contributed by atoms with van der Waals surface area (Å²) in [6.45, 7) is 0. The van der Waals surface area contributed by atoms with E-state index >= 15 is 0 Å². The Hall–Kier alpha value is -3.05. The second-order valence-corrected chi connectivity index (χ2v) is 9.06. The van der Waals surface area contributed by atoms with Crippen molar-refractivity contribution >= 4 is 34.4 Å². The number of rotatable bonds is 5. The van der Waals surface area contributed by atoms with Gasteiger partial charge in [0.05, 0.1) is 11.8 Å². The number of hydrogen-bond donors (Lipinski definition) is 1. The van der Waals surface area contributed by atoms with Crippen molar-refractivity contribution in [3.05, 3.63) is 46.2 Å². The minimum Gasteiger partial charge on any atom is -0.465 e. The van der Waals surface area contributed by atoms with Crippen LogP contribution in [-0.4, -0.2) is 36.1 Å². The van der Waals surface area contributed by atoms with Crippen LogP contribution in [0, 0.1) is 11.3 Å². The summed E-state index contributed by atoms with van der Waals surface area (Å²) in [5.74, 6) is 0.251. The Morgan fingerprint density at radius 2 is 2.16 bits per heavy atom. The van der Waals surface area contributed by atoms with E-state index in [1.807, 2.05) is 7.05 Å². The van der Waals surface area contributed by atoms with Crippen molar-refractivity contribution < 1.29 is 18.7 Å². The molecule has 2 aromatic rings. The van der Waals surface area contributed by atoms with Crippen molar-refractivity contribution in [1.29, 1.82) is 5.26 Å². The number of nitrogens with one attached hydrogen (secondary N) is 1. The lowest BCUT2D eigenvalue weighted by atomic mass is 9.94. The monoisotopic (exact) mass is 439 g/mol. The summed E-state index contributed by atoms with van der Waals surface area (Å²) >= 11 is 1.39. The molecule has 2 aliphatic carbocycles. The quantitative estimate of drug-likeness (QED) is 0.680. The molecule has 31 heavy (non-hydrogen) atoms. The van der Waals surface area contributed by atoms with Gasteiger partial charge in [0, 0.05) is 30.5 Å². The Balaban J connectivity index is 1.40. The van der Waals surface area contributed by atoms with Crippen molar-refractivity contribution in [2.45, 2.75) is 57.1 Å². The molecule has 8 heteroatoms. The van der Waals surface area contributed by atoms with Gasteiger partial charge < -0.3 is 19.4 Å². The first-order chi connectivity index (χ1) is 15.0. The van der Waals surface area contributed by atoms with Crippen molar-refractivity contribution in [2.24, 2.45) is 0 Å². The smallest absolute Gasteiger partial charge is 0.410 e. The topological polar surface area (TPSA) is 95.6 Å². The third kappa shape index (κ3) is 4.83. The maximum atomic E-state index is 12.5. The molecule has 0 aliphatic heterocycles. The van der Waals surface area contributed by atoms with Gasteiger partial charge in [-0.3, -0.25) is 4.79 Å². The molecule has 1 atom stereocenters. The van der Waals surface area contributed by atoms with E-state index in [2.05, 4.69) is 11.4 Å². The molecule has 2 amide bonds. The zero-order valence-electron chi connectivity index (χ0n) is 17.4. The van der Waals surface area contributed by atoms with E-state index in [0.717, 1.165) is 36.1 Å². The molecule has 1 saturated carbocycles. The van der Waals surface area contributed by atoms with Crippen LogP contribution in [0.15, 0.2) is 28.9 Å². The van der Waals surface area contributed by atoms with E-state index in [4.69, 9.17) is 9.15 Å². The first kappa shape index (κ1) is 21.2. The summed E-state index contributed by atoms with van der Waals surface area (Å²) in [6.07, 6.45) is 10.3. The van der Waals surface area contributed by atoms with Gasteiger partial charge in [0.2, 0.25) is 5.91 Å². The lowest BCUT2D eigenvalue weighted by Gasteiger charge is -2.28. The van der Waals surface area contributed by atoms with E-state index in [1.165, 1.54) is 23.7 Å². The number of ether oxygens (including phenoxy) is 1. The minimum absolute atomic E-state index is 0.212. The zero-order valence-corrected chi connectivity index (χ0v) is 18.2. The largest absolute Gasteiger partial charge is 0.465 e.